The Balaban J connectivity index is 2.36. The fourth-order valence-corrected chi connectivity index (χ4v) is 4.29. The highest BCUT2D eigenvalue weighted by atomic mass is 79.9. The molecule has 19 heavy (non-hydrogen) atoms. The number of nitrogens with zero attached hydrogens (tertiary/aromatic N) is 1. The van der Waals surface area contributed by atoms with Crippen LogP contribution in [0.25, 0.3) is 0 Å². The molecule has 0 amide bonds. The molecule has 1 aliphatic heterocycles. The molecule has 1 saturated heterocycles. The van der Waals surface area contributed by atoms with Gasteiger partial charge in [-0.3, -0.25) is 0 Å². The third-order valence-corrected chi connectivity index (χ3v) is 5.39. The molecule has 0 spiro atoms. The van der Waals surface area contributed by atoms with E-state index in [9.17, 15) is 12.8 Å². The van der Waals surface area contributed by atoms with Gasteiger partial charge < -0.3 is 5.32 Å². The van der Waals surface area contributed by atoms with Gasteiger partial charge in [-0.2, -0.15) is 4.31 Å². The number of halogens is 2. The molecule has 2 unspecified atom stereocenters. The average Bonchev–Trinajstić information content (AvgIpc) is 2.26. The number of benzene rings is 1. The van der Waals surface area contributed by atoms with Gasteiger partial charge in [0.2, 0.25) is 10.0 Å². The SMILES string of the molecule is CC1CN(S(=O)(=O)c2ccc(Br)cc2F)CC(C)N1. The van der Waals surface area contributed by atoms with Gasteiger partial charge in [0.25, 0.3) is 0 Å². The Kier molecular flexibility index (Phi) is 4.29. The summed E-state index contributed by atoms with van der Waals surface area (Å²) in [7, 11) is -3.78. The largest absolute Gasteiger partial charge is 0.309 e. The first-order valence-corrected chi connectivity index (χ1v) is 8.25. The summed E-state index contributed by atoms with van der Waals surface area (Å²) >= 11 is 3.12. The Morgan fingerprint density at radius 2 is 1.89 bits per heavy atom. The number of rotatable bonds is 2. The zero-order chi connectivity index (χ0) is 14.2. The van der Waals surface area contributed by atoms with Crippen molar-refractivity contribution in [3.63, 3.8) is 0 Å². The van der Waals surface area contributed by atoms with Crippen LogP contribution < -0.4 is 5.32 Å². The lowest BCUT2D eigenvalue weighted by Gasteiger charge is -2.35. The van der Waals surface area contributed by atoms with E-state index in [1.165, 1.54) is 22.5 Å². The lowest BCUT2D eigenvalue weighted by Crippen LogP contribution is -2.55. The van der Waals surface area contributed by atoms with Crippen molar-refractivity contribution in [1.29, 1.82) is 0 Å². The van der Waals surface area contributed by atoms with E-state index < -0.39 is 15.8 Å². The molecule has 1 N–H and O–H groups in total. The standard InChI is InChI=1S/C12H16BrFN2O2S/c1-8-6-16(7-9(2)15-8)19(17,18)12-4-3-10(13)5-11(12)14/h3-5,8-9,15H,6-7H2,1-2H3. The Morgan fingerprint density at radius 1 is 1.32 bits per heavy atom. The number of piperazine rings is 1. The van der Waals surface area contributed by atoms with Crippen molar-refractivity contribution < 1.29 is 12.8 Å². The summed E-state index contributed by atoms with van der Waals surface area (Å²) in [5.74, 6) is -0.729. The summed E-state index contributed by atoms with van der Waals surface area (Å²) in [4.78, 5) is -0.267. The number of nitrogens with one attached hydrogen (secondary N) is 1. The normalized spacial score (nSPS) is 25.5. The molecule has 1 aliphatic rings. The van der Waals surface area contributed by atoms with Crippen molar-refractivity contribution in [2.45, 2.75) is 30.8 Å². The molecule has 2 rings (SSSR count). The minimum Gasteiger partial charge on any atom is -0.309 e. The van der Waals surface area contributed by atoms with Gasteiger partial charge in [-0.05, 0) is 32.0 Å². The Hall–Kier alpha value is -0.500. The average molecular weight is 351 g/mol. The van der Waals surface area contributed by atoms with Crippen LogP contribution in [-0.4, -0.2) is 37.9 Å². The van der Waals surface area contributed by atoms with Crippen LogP contribution in [0.1, 0.15) is 13.8 Å². The maximum absolute atomic E-state index is 13.8. The molecular weight excluding hydrogens is 335 g/mol. The second kappa shape index (κ2) is 5.47. The van der Waals surface area contributed by atoms with Gasteiger partial charge in [0.05, 0.1) is 0 Å². The van der Waals surface area contributed by atoms with Crippen molar-refractivity contribution in [3.8, 4) is 0 Å². The molecule has 1 aromatic carbocycles. The molecule has 0 saturated carbocycles. The maximum Gasteiger partial charge on any atom is 0.246 e. The van der Waals surface area contributed by atoms with Gasteiger partial charge in [-0.1, -0.05) is 15.9 Å². The van der Waals surface area contributed by atoms with E-state index in [-0.39, 0.29) is 17.0 Å². The number of sulfonamides is 1. The molecule has 0 radical (unpaired) electrons. The Bertz CT molecular complexity index is 569. The molecule has 1 aromatic rings. The summed E-state index contributed by atoms with van der Waals surface area (Å²) in [6, 6.07) is 4.10. The lowest BCUT2D eigenvalue weighted by molar-refractivity contribution is 0.262. The van der Waals surface area contributed by atoms with Crippen molar-refractivity contribution in [1.82, 2.24) is 9.62 Å². The molecule has 4 nitrogen and oxygen atoms in total. The quantitative estimate of drug-likeness (QED) is 0.886. The third kappa shape index (κ3) is 3.16. The minimum atomic E-state index is -3.78. The first-order chi connectivity index (χ1) is 8.80. The van der Waals surface area contributed by atoms with Crippen LogP contribution in [0.4, 0.5) is 4.39 Å². The molecule has 1 fully saturated rings. The molecule has 7 heteroatoms. The summed E-state index contributed by atoms with van der Waals surface area (Å²) in [5.41, 5.74) is 0. The predicted molar refractivity (Wildman–Crippen MR) is 74.9 cm³/mol. The van der Waals surface area contributed by atoms with Crippen molar-refractivity contribution in [3.05, 3.63) is 28.5 Å². The minimum absolute atomic E-state index is 0.0528. The Labute approximate surface area is 121 Å². The van der Waals surface area contributed by atoms with Gasteiger partial charge in [0, 0.05) is 29.6 Å². The van der Waals surface area contributed by atoms with Crippen LogP contribution in [0.5, 0.6) is 0 Å². The van der Waals surface area contributed by atoms with E-state index in [0.29, 0.717) is 17.6 Å². The predicted octanol–water partition coefficient (Wildman–Crippen LogP) is 1.96. The molecular formula is C12H16BrFN2O2S. The zero-order valence-corrected chi connectivity index (χ0v) is 13.1. The molecule has 2 atom stereocenters. The van der Waals surface area contributed by atoms with E-state index in [1.54, 1.807) is 0 Å². The van der Waals surface area contributed by atoms with Crippen LogP contribution in [0, 0.1) is 5.82 Å². The van der Waals surface area contributed by atoms with Crippen LogP contribution in [0.15, 0.2) is 27.6 Å². The van der Waals surface area contributed by atoms with Gasteiger partial charge in [-0.15, -0.1) is 0 Å². The molecule has 0 aliphatic carbocycles. The van der Waals surface area contributed by atoms with Crippen molar-refractivity contribution >= 4 is 26.0 Å². The van der Waals surface area contributed by atoms with Crippen LogP contribution in [0.2, 0.25) is 0 Å². The zero-order valence-electron chi connectivity index (χ0n) is 10.7. The lowest BCUT2D eigenvalue weighted by atomic mass is 10.2. The van der Waals surface area contributed by atoms with E-state index >= 15 is 0 Å². The smallest absolute Gasteiger partial charge is 0.246 e. The highest BCUT2D eigenvalue weighted by Gasteiger charge is 2.32. The second-order valence-electron chi connectivity index (χ2n) is 4.87. The monoisotopic (exact) mass is 350 g/mol. The van der Waals surface area contributed by atoms with E-state index in [4.69, 9.17) is 0 Å². The van der Waals surface area contributed by atoms with Crippen molar-refractivity contribution in [2.24, 2.45) is 0 Å². The van der Waals surface area contributed by atoms with E-state index in [2.05, 4.69) is 21.2 Å². The summed E-state index contributed by atoms with van der Waals surface area (Å²) in [6.45, 7) is 4.52. The topological polar surface area (TPSA) is 49.4 Å². The van der Waals surface area contributed by atoms with Gasteiger partial charge in [0.1, 0.15) is 10.7 Å². The first-order valence-electron chi connectivity index (χ1n) is 6.02. The highest BCUT2D eigenvalue weighted by molar-refractivity contribution is 9.10. The summed E-state index contributed by atoms with van der Waals surface area (Å²) in [5, 5.41) is 3.25. The van der Waals surface area contributed by atoms with Crippen LogP contribution >= 0.6 is 15.9 Å². The third-order valence-electron chi connectivity index (χ3n) is 3.04. The summed E-state index contributed by atoms with van der Waals surface area (Å²) in [6.07, 6.45) is 0. The van der Waals surface area contributed by atoms with E-state index in [1.807, 2.05) is 13.8 Å². The van der Waals surface area contributed by atoms with Crippen LogP contribution in [0.3, 0.4) is 0 Å². The summed E-state index contributed by atoms with van der Waals surface area (Å²) < 4.78 is 40.6. The van der Waals surface area contributed by atoms with E-state index in [0.717, 1.165) is 0 Å². The fraction of sp³-hybridized carbons (Fsp3) is 0.500. The highest BCUT2D eigenvalue weighted by Crippen LogP contribution is 2.24. The first kappa shape index (κ1) is 14.9. The molecule has 0 aromatic heterocycles. The molecule has 0 bridgehead atoms. The molecule has 106 valence electrons. The van der Waals surface area contributed by atoms with Gasteiger partial charge in [-0.25, -0.2) is 12.8 Å². The number of hydrogen-bond donors (Lipinski definition) is 1. The van der Waals surface area contributed by atoms with Gasteiger partial charge >= 0.3 is 0 Å². The van der Waals surface area contributed by atoms with Gasteiger partial charge in [0.15, 0.2) is 0 Å². The Morgan fingerprint density at radius 3 is 2.42 bits per heavy atom. The maximum atomic E-state index is 13.8. The van der Waals surface area contributed by atoms with Crippen molar-refractivity contribution in [2.75, 3.05) is 13.1 Å². The fourth-order valence-electron chi connectivity index (χ4n) is 2.30. The number of hydrogen-bond acceptors (Lipinski definition) is 3. The molecule has 1 heterocycles. The van der Waals surface area contributed by atoms with Crippen LogP contribution in [-0.2, 0) is 10.0 Å². The second-order valence-corrected chi connectivity index (χ2v) is 7.69.